The van der Waals surface area contributed by atoms with Crippen LogP contribution in [0.3, 0.4) is 0 Å². The van der Waals surface area contributed by atoms with Gasteiger partial charge >= 0.3 is 6.03 Å². The number of nitrogens with one attached hydrogen (secondary N) is 1. The molecule has 20 heavy (non-hydrogen) atoms. The number of anilines is 1. The summed E-state index contributed by atoms with van der Waals surface area (Å²) in [6, 6.07) is 13.1. The number of benzene rings is 2. The lowest BCUT2D eigenvalue weighted by molar-refractivity contribution is -0.121. The molecule has 0 saturated carbocycles. The Balaban J connectivity index is 2.17. The minimum Gasteiger partial charge on any atom is -0.337 e. The monoisotopic (exact) mass is 268 g/mol. The van der Waals surface area contributed by atoms with Gasteiger partial charge in [-0.1, -0.05) is 43.3 Å². The van der Waals surface area contributed by atoms with Crippen LogP contribution in [0.1, 0.15) is 13.3 Å². The Kier molecular flexibility index (Phi) is 3.14. The fourth-order valence-electron chi connectivity index (χ4n) is 2.55. The molecule has 0 radical (unpaired) electrons. The third-order valence-electron chi connectivity index (χ3n) is 3.71. The number of carbonyl (C=O) groups is 2. The van der Waals surface area contributed by atoms with Crippen molar-refractivity contribution < 1.29 is 9.59 Å². The molecule has 102 valence electrons. The Morgan fingerprint density at radius 1 is 1.10 bits per heavy atom. The fourth-order valence-corrected chi connectivity index (χ4v) is 2.55. The Morgan fingerprint density at radius 3 is 2.70 bits per heavy atom. The zero-order valence-corrected chi connectivity index (χ0v) is 11.3. The van der Waals surface area contributed by atoms with E-state index in [-0.39, 0.29) is 17.9 Å². The summed E-state index contributed by atoms with van der Waals surface area (Å²) in [5.74, 6) is -0.302. The van der Waals surface area contributed by atoms with Crippen LogP contribution in [0.2, 0.25) is 0 Å². The lowest BCUT2D eigenvalue weighted by Crippen LogP contribution is -2.42. The lowest BCUT2D eigenvalue weighted by atomic mass is 10.0. The van der Waals surface area contributed by atoms with Crippen molar-refractivity contribution in [3.63, 3.8) is 0 Å². The van der Waals surface area contributed by atoms with Crippen LogP contribution in [-0.2, 0) is 4.79 Å². The van der Waals surface area contributed by atoms with Gasteiger partial charge in [0, 0.05) is 17.8 Å². The Morgan fingerprint density at radius 2 is 1.85 bits per heavy atom. The smallest absolute Gasteiger partial charge is 0.328 e. The highest BCUT2D eigenvalue weighted by Crippen LogP contribution is 2.29. The van der Waals surface area contributed by atoms with Crippen LogP contribution in [-0.4, -0.2) is 18.5 Å². The first-order valence-electron chi connectivity index (χ1n) is 6.78. The molecule has 1 fully saturated rings. The maximum atomic E-state index is 12.5. The van der Waals surface area contributed by atoms with E-state index in [1.165, 1.54) is 4.90 Å². The molecule has 1 atom stereocenters. The topological polar surface area (TPSA) is 49.4 Å². The normalized spacial score (nSPS) is 19.9. The molecule has 4 heteroatoms. The number of imide groups is 1. The summed E-state index contributed by atoms with van der Waals surface area (Å²) < 4.78 is 0. The Bertz CT molecular complexity index is 676. The zero-order valence-electron chi connectivity index (χ0n) is 11.3. The second kappa shape index (κ2) is 4.96. The highest BCUT2D eigenvalue weighted by Gasteiger charge is 2.31. The van der Waals surface area contributed by atoms with Gasteiger partial charge in [-0.05, 0) is 17.9 Å². The summed E-state index contributed by atoms with van der Waals surface area (Å²) in [7, 11) is 0. The number of hydrogen-bond donors (Lipinski definition) is 1. The van der Waals surface area contributed by atoms with Gasteiger partial charge in [0.25, 0.3) is 0 Å². The molecule has 4 nitrogen and oxygen atoms in total. The molecule has 1 N–H and O–H groups in total. The van der Waals surface area contributed by atoms with Gasteiger partial charge in [0.05, 0.1) is 5.69 Å². The zero-order chi connectivity index (χ0) is 14.1. The second-order valence-electron chi connectivity index (χ2n) is 5.09. The number of carbonyl (C=O) groups excluding carboxylic acids is 2. The largest absolute Gasteiger partial charge is 0.337 e. The first-order valence-corrected chi connectivity index (χ1v) is 6.78. The summed E-state index contributed by atoms with van der Waals surface area (Å²) in [6.07, 6.45) is 0.672. The molecule has 0 aromatic heterocycles. The molecule has 1 saturated heterocycles. The SMILES string of the molecule is CC1CCNC(=O)N(c2cccc3ccccc23)C1=O. The summed E-state index contributed by atoms with van der Waals surface area (Å²) in [4.78, 5) is 26.0. The number of hydrogen-bond acceptors (Lipinski definition) is 2. The number of rotatable bonds is 1. The molecule has 0 spiro atoms. The van der Waals surface area contributed by atoms with Crippen LogP contribution in [0.25, 0.3) is 10.8 Å². The van der Waals surface area contributed by atoms with E-state index < -0.39 is 0 Å². The first-order chi connectivity index (χ1) is 9.68. The minimum absolute atomic E-state index is 0.142. The first kappa shape index (κ1) is 12.7. The number of urea groups is 1. The van der Waals surface area contributed by atoms with Crippen LogP contribution in [0.5, 0.6) is 0 Å². The highest BCUT2D eigenvalue weighted by atomic mass is 16.2. The van der Waals surface area contributed by atoms with E-state index in [1.807, 2.05) is 49.4 Å². The third kappa shape index (κ3) is 2.03. The molecule has 2 aromatic rings. The van der Waals surface area contributed by atoms with Gasteiger partial charge in [-0.2, -0.15) is 0 Å². The molecule has 3 amide bonds. The molecule has 1 unspecified atom stereocenters. The molecule has 1 heterocycles. The molecular weight excluding hydrogens is 252 g/mol. The van der Waals surface area contributed by atoms with Crippen LogP contribution in [0.15, 0.2) is 42.5 Å². The van der Waals surface area contributed by atoms with Gasteiger partial charge in [0.2, 0.25) is 5.91 Å². The van der Waals surface area contributed by atoms with E-state index >= 15 is 0 Å². The molecule has 1 aliphatic rings. The van der Waals surface area contributed by atoms with E-state index in [2.05, 4.69) is 5.32 Å². The van der Waals surface area contributed by atoms with Crippen LogP contribution in [0.4, 0.5) is 10.5 Å². The van der Waals surface area contributed by atoms with Gasteiger partial charge in [0.1, 0.15) is 0 Å². The highest BCUT2D eigenvalue weighted by molar-refractivity contribution is 6.19. The van der Waals surface area contributed by atoms with E-state index in [0.29, 0.717) is 18.7 Å². The maximum absolute atomic E-state index is 12.5. The van der Waals surface area contributed by atoms with Crippen molar-refractivity contribution in [1.82, 2.24) is 5.32 Å². The van der Waals surface area contributed by atoms with Crippen molar-refractivity contribution in [3.8, 4) is 0 Å². The average molecular weight is 268 g/mol. The predicted molar refractivity (Wildman–Crippen MR) is 78.6 cm³/mol. The van der Waals surface area contributed by atoms with Crippen molar-refractivity contribution in [1.29, 1.82) is 0 Å². The molecular formula is C16H16N2O2. The van der Waals surface area contributed by atoms with E-state index in [1.54, 1.807) is 0 Å². The van der Waals surface area contributed by atoms with E-state index in [0.717, 1.165) is 10.8 Å². The van der Waals surface area contributed by atoms with Gasteiger partial charge < -0.3 is 5.32 Å². The molecule has 3 rings (SSSR count). The molecule has 0 bridgehead atoms. The quantitative estimate of drug-likeness (QED) is 0.864. The van der Waals surface area contributed by atoms with Crippen molar-refractivity contribution in [3.05, 3.63) is 42.5 Å². The van der Waals surface area contributed by atoms with E-state index in [9.17, 15) is 9.59 Å². The summed E-state index contributed by atoms with van der Waals surface area (Å²) in [5, 5.41) is 4.71. The van der Waals surface area contributed by atoms with Gasteiger partial charge in [0.15, 0.2) is 0 Å². The maximum Gasteiger partial charge on any atom is 0.328 e. The standard InChI is InChI=1S/C16H16N2O2/c1-11-9-10-17-16(20)18(15(11)19)14-8-4-6-12-5-2-3-7-13(12)14/h2-8,11H,9-10H2,1H3,(H,17,20). The summed E-state index contributed by atoms with van der Waals surface area (Å²) in [5.41, 5.74) is 0.652. The number of amides is 3. The minimum atomic E-state index is -0.337. The van der Waals surface area contributed by atoms with Crippen molar-refractivity contribution in [2.75, 3.05) is 11.4 Å². The van der Waals surface area contributed by atoms with Gasteiger partial charge in [-0.3, -0.25) is 4.79 Å². The summed E-state index contributed by atoms with van der Waals surface area (Å²) >= 11 is 0. The lowest BCUT2D eigenvalue weighted by Gasteiger charge is -2.22. The van der Waals surface area contributed by atoms with Crippen LogP contribution in [0, 0.1) is 5.92 Å². The predicted octanol–water partition coefficient (Wildman–Crippen LogP) is 2.92. The second-order valence-corrected chi connectivity index (χ2v) is 5.09. The number of nitrogens with zero attached hydrogens (tertiary/aromatic N) is 1. The van der Waals surface area contributed by atoms with E-state index in [4.69, 9.17) is 0 Å². The van der Waals surface area contributed by atoms with Crippen molar-refractivity contribution in [2.24, 2.45) is 5.92 Å². The Hall–Kier alpha value is -2.36. The average Bonchev–Trinajstić information content (AvgIpc) is 2.58. The number of fused-ring (bicyclic) bond motifs is 1. The third-order valence-corrected chi connectivity index (χ3v) is 3.71. The fraction of sp³-hybridized carbons (Fsp3) is 0.250. The Labute approximate surface area is 117 Å². The molecule has 1 aliphatic heterocycles. The van der Waals surface area contributed by atoms with Crippen LogP contribution >= 0.6 is 0 Å². The summed E-state index contributed by atoms with van der Waals surface area (Å²) in [6.45, 7) is 2.40. The molecule has 2 aromatic carbocycles. The van der Waals surface area contributed by atoms with Crippen molar-refractivity contribution >= 4 is 28.4 Å². The molecule has 0 aliphatic carbocycles. The van der Waals surface area contributed by atoms with Crippen LogP contribution < -0.4 is 10.2 Å². The van der Waals surface area contributed by atoms with Crippen molar-refractivity contribution in [2.45, 2.75) is 13.3 Å². The van der Waals surface area contributed by atoms with Gasteiger partial charge in [-0.15, -0.1) is 0 Å². The van der Waals surface area contributed by atoms with Gasteiger partial charge in [-0.25, -0.2) is 9.69 Å².